The van der Waals surface area contributed by atoms with E-state index in [0.717, 1.165) is 24.5 Å². The van der Waals surface area contributed by atoms with Crippen molar-refractivity contribution in [3.05, 3.63) is 0 Å². The molecule has 0 amide bonds. The minimum absolute atomic E-state index is 0.417. The molecule has 3 heterocycles. The summed E-state index contributed by atoms with van der Waals surface area (Å²) >= 11 is 0. The molecular weight excluding hydrogens is 210 g/mol. The van der Waals surface area contributed by atoms with Crippen molar-refractivity contribution in [3.63, 3.8) is 0 Å². The van der Waals surface area contributed by atoms with Crippen molar-refractivity contribution >= 4 is 0 Å². The first-order valence-corrected chi connectivity index (χ1v) is 7.46. The average Bonchev–Trinajstić information content (AvgIpc) is 2.74. The standard InChI is InChI=1S/C14H27N3/c1-11-7-12(15)10-17(9-11)14-4-6-16-5-2-3-13(16)8-14/h11-14H,2-10,15H2,1H3. The summed E-state index contributed by atoms with van der Waals surface area (Å²) in [5.74, 6) is 0.792. The number of fused-ring (bicyclic) bond motifs is 1. The van der Waals surface area contributed by atoms with Crippen molar-refractivity contribution in [2.75, 3.05) is 26.2 Å². The monoisotopic (exact) mass is 237 g/mol. The van der Waals surface area contributed by atoms with E-state index in [9.17, 15) is 0 Å². The molecule has 3 saturated heterocycles. The van der Waals surface area contributed by atoms with Crippen LogP contribution in [0.5, 0.6) is 0 Å². The Morgan fingerprint density at radius 3 is 2.59 bits per heavy atom. The molecule has 17 heavy (non-hydrogen) atoms. The van der Waals surface area contributed by atoms with E-state index in [1.54, 1.807) is 0 Å². The van der Waals surface area contributed by atoms with Crippen molar-refractivity contribution in [1.82, 2.24) is 9.80 Å². The Balaban J connectivity index is 1.60. The van der Waals surface area contributed by atoms with Crippen LogP contribution in [-0.2, 0) is 0 Å². The lowest BCUT2D eigenvalue weighted by Crippen LogP contribution is -2.54. The predicted molar refractivity (Wildman–Crippen MR) is 70.9 cm³/mol. The van der Waals surface area contributed by atoms with E-state index in [0.29, 0.717) is 6.04 Å². The van der Waals surface area contributed by atoms with Crippen LogP contribution in [0.25, 0.3) is 0 Å². The summed E-state index contributed by atoms with van der Waals surface area (Å²) < 4.78 is 0. The van der Waals surface area contributed by atoms with Gasteiger partial charge in [-0.25, -0.2) is 0 Å². The highest BCUT2D eigenvalue weighted by molar-refractivity contribution is 4.92. The van der Waals surface area contributed by atoms with Gasteiger partial charge in [0.25, 0.3) is 0 Å². The lowest BCUT2D eigenvalue weighted by molar-refractivity contribution is 0.0532. The lowest BCUT2D eigenvalue weighted by atomic mass is 9.90. The predicted octanol–water partition coefficient (Wildman–Crippen LogP) is 1.28. The van der Waals surface area contributed by atoms with Crippen molar-refractivity contribution < 1.29 is 0 Å². The maximum atomic E-state index is 6.18. The van der Waals surface area contributed by atoms with Crippen LogP contribution in [-0.4, -0.2) is 54.1 Å². The van der Waals surface area contributed by atoms with Crippen LogP contribution in [0.1, 0.15) is 39.0 Å². The smallest absolute Gasteiger partial charge is 0.0170 e. The summed E-state index contributed by atoms with van der Waals surface area (Å²) in [5, 5.41) is 0. The molecular formula is C14H27N3. The quantitative estimate of drug-likeness (QED) is 0.746. The van der Waals surface area contributed by atoms with E-state index in [-0.39, 0.29) is 0 Å². The molecule has 98 valence electrons. The van der Waals surface area contributed by atoms with Crippen LogP contribution in [0.2, 0.25) is 0 Å². The fourth-order valence-electron chi connectivity index (χ4n) is 4.27. The molecule has 2 N–H and O–H groups in total. The molecule has 3 heteroatoms. The van der Waals surface area contributed by atoms with Crippen LogP contribution in [0.15, 0.2) is 0 Å². The molecule has 3 fully saturated rings. The van der Waals surface area contributed by atoms with Gasteiger partial charge in [0.15, 0.2) is 0 Å². The highest BCUT2D eigenvalue weighted by atomic mass is 15.2. The van der Waals surface area contributed by atoms with Gasteiger partial charge in [-0.1, -0.05) is 6.92 Å². The second-order valence-electron chi connectivity index (χ2n) is 6.57. The largest absolute Gasteiger partial charge is 0.327 e. The summed E-state index contributed by atoms with van der Waals surface area (Å²) in [6, 6.07) is 2.13. The van der Waals surface area contributed by atoms with Crippen LogP contribution < -0.4 is 5.73 Å². The summed E-state index contributed by atoms with van der Waals surface area (Å²) in [5.41, 5.74) is 6.18. The minimum Gasteiger partial charge on any atom is -0.327 e. The van der Waals surface area contributed by atoms with E-state index >= 15 is 0 Å². The SMILES string of the molecule is CC1CC(N)CN(C2CCN3CCCC3C2)C1. The number of rotatable bonds is 1. The van der Waals surface area contributed by atoms with Crippen LogP contribution >= 0.6 is 0 Å². The van der Waals surface area contributed by atoms with Gasteiger partial charge in [0.1, 0.15) is 0 Å². The zero-order valence-electron chi connectivity index (χ0n) is 11.1. The zero-order chi connectivity index (χ0) is 11.8. The normalized spacial score (nSPS) is 44.8. The van der Waals surface area contributed by atoms with E-state index in [4.69, 9.17) is 5.73 Å². The molecule has 0 aromatic rings. The third-order valence-corrected chi connectivity index (χ3v) is 5.03. The van der Waals surface area contributed by atoms with Crippen molar-refractivity contribution in [1.29, 1.82) is 0 Å². The minimum atomic E-state index is 0.417. The third-order valence-electron chi connectivity index (χ3n) is 5.03. The van der Waals surface area contributed by atoms with Crippen molar-refractivity contribution in [2.24, 2.45) is 11.7 Å². The molecule has 0 spiro atoms. The van der Waals surface area contributed by atoms with Gasteiger partial charge < -0.3 is 10.6 Å². The second kappa shape index (κ2) is 4.87. The zero-order valence-corrected chi connectivity index (χ0v) is 11.1. The van der Waals surface area contributed by atoms with Gasteiger partial charge >= 0.3 is 0 Å². The summed E-state index contributed by atoms with van der Waals surface area (Å²) in [4.78, 5) is 5.41. The van der Waals surface area contributed by atoms with Gasteiger partial charge in [-0.15, -0.1) is 0 Å². The molecule has 3 nitrogen and oxygen atoms in total. The molecule has 0 saturated carbocycles. The molecule has 0 radical (unpaired) electrons. The third kappa shape index (κ3) is 2.51. The number of nitrogens with two attached hydrogens (primary N) is 1. The van der Waals surface area contributed by atoms with Gasteiger partial charge in [-0.05, 0) is 51.1 Å². The molecule has 0 aromatic carbocycles. The van der Waals surface area contributed by atoms with Crippen molar-refractivity contribution in [3.8, 4) is 0 Å². The van der Waals surface area contributed by atoms with Gasteiger partial charge in [0.05, 0.1) is 0 Å². The summed E-state index contributed by atoms with van der Waals surface area (Å²) in [6.07, 6.45) is 6.85. The topological polar surface area (TPSA) is 32.5 Å². The first kappa shape index (κ1) is 11.9. The Hall–Kier alpha value is -0.120. The molecule has 0 bridgehead atoms. The number of hydrogen-bond acceptors (Lipinski definition) is 3. The van der Waals surface area contributed by atoms with E-state index in [1.165, 1.54) is 51.7 Å². The molecule has 4 atom stereocenters. The van der Waals surface area contributed by atoms with E-state index < -0.39 is 0 Å². The Bertz CT molecular complexity index is 258. The van der Waals surface area contributed by atoms with Gasteiger partial charge in [0.2, 0.25) is 0 Å². The Labute approximate surface area is 105 Å². The summed E-state index contributed by atoms with van der Waals surface area (Å²) in [7, 11) is 0. The average molecular weight is 237 g/mol. The number of nitrogens with zero attached hydrogens (tertiary/aromatic N) is 2. The maximum Gasteiger partial charge on any atom is 0.0170 e. The lowest BCUT2D eigenvalue weighted by Gasteiger charge is -2.45. The fraction of sp³-hybridized carbons (Fsp3) is 1.00. The Morgan fingerprint density at radius 1 is 0.941 bits per heavy atom. The van der Waals surface area contributed by atoms with E-state index in [2.05, 4.69) is 16.7 Å². The van der Waals surface area contributed by atoms with Crippen molar-refractivity contribution in [2.45, 2.75) is 57.2 Å². The second-order valence-corrected chi connectivity index (χ2v) is 6.57. The highest BCUT2D eigenvalue weighted by Gasteiger charge is 2.36. The molecule has 0 aromatic heterocycles. The number of hydrogen-bond donors (Lipinski definition) is 1. The molecule has 3 rings (SSSR count). The number of likely N-dealkylation sites (tertiary alicyclic amines) is 1. The van der Waals surface area contributed by atoms with Gasteiger partial charge in [-0.3, -0.25) is 4.90 Å². The molecule has 3 aliphatic rings. The number of piperidine rings is 2. The summed E-state index contributed by atoms with van der Waals surface area (Å²) in [6.45, 7) is 7.46. The molecule has 0 aliphatic carbocycles. The highest BCUT2D eigenvalue weighted by Crippen LogP contribution is 2.31. The molecule has 3 aliphatic heterocycles. The molecule has 4 unspecified atom stereocenters. The first-order valence-electron chi connectivity index (χ1n) is 7.46. The van der Waals surface area contributed by atoms with Crippen LogP contribution in [0.3, 0.4) is 0 Å². The Kier molecular flexibility index (Phi) is 3.42. The fourth-order valence-corrected chi connectivity index (χ4v) is 4.27. The van der Waals surface area contributed by atoms with Gasteiger partial charge in [-0.2, -0.15) is 0 Å². The van der Waals surface area contributed by atoms with E-state index in [1.807, 2.05) is 0 Å². The van der Waals surface area contributed by atoms with Gasteiger partial charge in [0, 0.05) is 31.2 Å². The first-order chi connectivity index (χ1) is 8.22. The van der Waals surface area contributed by atoms with Crippen LogP contribution in [0, 0.1) is 5.92 Å². The maximum absolute atomic E-state index is 6.18. The Morgan fingerprint density at radius 2 is 1.76 bits per heavy atom. The van der Waals surface area contributed by atoms with Crippen LogP contribution in [0.4, 0.5) is 0 Å².